The van der Waals surface area contributed by atoms with Crippen molar-refractivity contribution in [3.05, 3.63) is 11.9 Å². The highest BCUT2D eigenvalue weighted by Crippen LogP contribution is 2.24. The van der Waals surface area contributed by atoms with Gasteiger partial charge in [0.05, 0.1) is 0 Å². The molecule has 1 rings (SSSR count). The highest BCUT2D eigenvalue weighted by atomic mass is 15.1. The van der Waals surface area contributed by atoms with Crippen LogP contribution >= 0.6 is 0 Å². The monoisotopic (exact) mass is 292 g/mol. The van der Waals surface area contributed by atoms with Gasteiger partial charge in [0.2, 0.25) is 0 Å². The van der Waals surface area contributed by atoms with Crippen LogP contribution in [0.4, 0.5) is 11.6 Å². The van der Waals surface area contributed by atoms with Gasteiger partial charge in [0.1, 0.15) is 17.5 Å². The Hall–Kier alpha value is -1.32. The summed E-state index contributed by atoms with van der Waals surface area (Å²) in [6, 6.07) is 2.00. The van der Waals surface area contributed by atoms with Crippen molar-refractivity contribution in [2.75, 3.05) is 23.7 Å². The minimum absolute atomic E-state index is 0.296. The fourth-order valence-electron chi connectivity index (χ4n) is 2.29. The van der Waals surface area contributed by atoms with Gasteiger partial charge in [-0.25, -0.2) is 9.97 Å². The molecule has 120 valence electrons. The van der Waals surface area contributed by atoms with Gasteiger partial charge >= 0.3 is 0 Å². The molecule has 0 amide bonds. The van der Waals surface area contributed by atoms with Gasteiger partial charge in [-0.05, 0) is 18.8 Å². The first-order valence-electron chi connectivity index (χ1n) is 8.36. The number of unbranched alkanes of at least 4 members (excludes halogenated alkanes) is 2. The molecule has 0 aliphatic carbocycles. The summed E-state index contributed by atoms with van der Waals surface area (Å²) in [6.07, 6.45) is 6.01. The lowest BCUT2D eigenvalue weighted by Gasteiger charge is -2.25. The summed E-state index contributed by atoms with van der Waals surface area (Å²) in [6.45, 7) is 12.9. The van der Waals surface area contributed by atoms with Crippen LogP contribution in [0.2, 0.25) is 0 Å². The summed E-state index contributed by atoms with van der Waals surface area (Å²) in [5, 5.41) is 6.76. The molecule has 1 aromatic heterocycles. The first-order valence-corrected chi connectivity index (χ1v) is 8.36. The summed E-state index contributed by atoms with van der Waals surface area (Å²) in [5.74, 6) is 2.73. The van der Waals surface area contributed by atoms with Crippen molar-refractivity contribution in [1.29, 1.82) is 0 Å². The molecule has 0 bridgehead atoms. The van der Waals surface area contributed by atoms with Crippen LogP contribution in [-0.2, 0) is 6.42 Å². The van der Waals surface area contributed by atoms with Crippen molar-refractivity contribution in [1.82, 2.24) is 9.97 Å². The molecule has 1 heterocycles. The Morgan fingerprint density at radius 3 is 2.24 bits per heavy atom. The summed E-state index contributed by atoms with van der Waals surface area (Å²) >= 11 is 0. The molecular weight excluding hydrogens is 260 g/mol. The van der Waals surface area contributed by atoms with Gasteiger partial charge in [-0.2, -0.15) is 0 Å². The molecule has 0 aliphatic rings. The fourth-order valence-corrected chi connectivity index (χ4v) is 2.29. The van der Waals surface area contributed by atoms with Crippen LogP contribution in [-0.4, -0.2) is 23.1 Å². The molecule has 0 spiro atoms. The summed E-state index contributed by atoms with van der Waals surface area (Å²) < 4.78 is 0. The Balaban J connectivity index is 2.62. The zero-order valence-corrected chi connectivity index (χ0v) is 14.4. The number of hydrogen-bond acceptors (Lipinski definition) is 4. The van der Waals surface area contributed by atoms with Gasteiger partial charge in [-0.15, -0.1) is 0 Å². The molecule has 4 heteroatoms. The Kier molecular flexibility index (Phi) is 7.48. The number of nitrogens with one attached hydrogen (secondary N) is 2. The first-order chi connectivity index (χ1) is 10.0. The van der Waals surface area contributed by atoms with Crippen molar-refractivity contribution in [3.8, 4) is 0 Å². The van der Waals surface area contributed by atoms with Gasteiger partial charge in [0.25, 0.3) is 0 Å². The predicted octanol–water partition coefficient (Wildman–Crippen LogP) is 4.49. The highest BCUT2D eigenvalue weighted by molar-refractivity contribution is 5.47. The zero-order chi connectivity index (χ0) is 15.7. The van der Waals surface area contributed by atoms with Gasteiger partial charge in [0, 0.05) is 25.6 Å². The normalized spacial score (nSPS) is 11.5. The van der Waals surface area contributed by atoms with E-state index in [1.165, 1.54) is 25.7 Å². The third-order valence-corrected chi connectivity index (χ3v) is 3.65. The van der Waals surface area contributed by atoms with E-state index in [-0.39, 0.29) is 0 Å². The van der Waals surface area contributed by atoms with Gasteiger partial charge in [-0.3, -0.25) is 0 Å². The summed E-state index contributed by atoms with van der Waals surface area (Å²) in [4.78, 5) is 9.06. The maximum absolute atomic E-state index is 4.57. The van der Waals surface area contributed by atoms with Crippen LogP contribution in [0.5, 0.6) is 0 Å². The third kappa shape index (κ3) is 6.78. The molecule has 0 saturated heterocycles. The largest absolute Gasteiger partial charge is 0.370 e. The second-order valence-corrected chi connectivity index (χ2v) is 6.41. The first kappa shape index (κ1) is 17.7. The second-order valence-electron chi connectivity index (χ2n) is 6.41. The Labute approximate surface area is 130 Å². The van der Waals surface area contributed by atoms with E-state index in [9.17, 15) is 0 Å². The topological polar surface area (TPSA) is 49.8 Å². The van der Waals surface area contributed by atoms with Crippen LogP contribution < -0.4 is 10.6 Å². The molecular formula is C17H32N4. The number of aryl methyl sites for hydroxylation is 1. The maximum Gasteiger partial charge on any atom is 0.132 e. The molecule has 0 aliphatic heterocycles. The lowest BCUT2D eigenvalue weighted by molar-refractivity contribution is 0.342. The Bertz CT molecular complexity index is 415. The third-order valence-electron chi connectivity index (χ3n) is 3.65. The molecule has 0 radical (unpaired) electrons. The van der Waals surface area contributed by atoms with E-state index in [1.807, 2.05) is 6.07 Å². The van der Waals surface area contributed by atoms with E-state index in [2.05, 4.69) is 55.2 Å². The molecule has 0 saturated carbocycles. The zero-order valence-electron chi connectivity index (χ0n) is 14.4. The molecule has 0 fully saturated rings. The minimum Gasteiger partial charge on any atom is -0.370 e. The molecule has 0 aromatic carbocycles. The van der Waals surface area contributed by atoms with Gasteiger partial charge in [-0.1, -0.05) is 47.0 Å². The van der Waals surface area contributed by atoms with E-state index >= 15 is 0 Å². The van der Waals surface area contributed by atoms with Crippen molar-refractivity contribution in [2.24, 2.45) is 5.41 Å². The lowest BCUT2D eigenvalue weighted by Crippen LogP contribution is -2.23. The van der Waals surface area contributed by atoms with E-state index in [0.717, 1.165) is 37.0 Å². The van der Waals surface area contributed by atoms with Crippen molar-refractivity contribution < 1.29 is 0 Å². The van der Waals surface area contributed by atoms with Crippen LogP contribution in [0.15, 0.2) is 6.07 Å². The molecule has 4 nitrogen and oxygen atoms in total. The van der Waals surface area contributed by atoms with E-state index in [4.69, 9.17) is 0 Å². The summed E-state index contributed by atoms with van der Waals surface area (Å²) in [7, 11) is 0. The van der Waals surface area contributed by atoms with E-state index in [0.29, 0.717) is 5.41 Å². The lowest BCUT2D eigenvalue weighted by atomic mass is 9.87. The average Bonchev–Trinajstić information content (AvgIpc) is 2.45. The standard InChI is InChI=1S/C17H32N4/c1-6-9-10-11-17(4,5)13-19-16-12-15(18-8-3)20-14(7-2)21-16/h12H,6-11,13H2,1-5H3,(H2,18,19,20,21). The maximum atomic E-state index is 4.57. The molecule has 1 aromatic rings. The SMILES string of the molecule is CCCCCC(C)(C)CNc1cc(NCC)nc(CC)n1. The number of rotatable bonds is 10. The van der Waals surface area contributed by atoms with E-state index < -0.39 is 0 Å². The van der Waals surface area contributed by atoms with Crippen LogP contribution in [0.25, 0.3) is 0 Å². The van der Waals surface area contributed by atoms with Gasteiger partial charge < -0.3 is 10.6 Å². The Morgan fingerprint density at radius 2 is 1.67 bits per heavy atom. The van der Waals surface area contributed by atoms with Crippen molar-refractivity contribution in [2.45, 2.75) is 66.7 Å². The number of anilines is 2. The van der Waals surface area contributed by atoms with Gasteiger partial charge in [0.15, 0.2) is 0 Å². The molecule has 0 unspecified atom stereocenters. The number of aromatic nitrogens is 2. The quantitative estimate of drug-likeness (QED) is 0.624. The second kappa shape index (κ2) is 8.85. The highest BCUT2D eigenvalue weighted by Gasteiger charge is 2.17. The van der Waals surface area contributed by atoms with Crippen LogP contribution in [0.3, 0.4) is 0 Å². The minimum atomic E-state index is 0.296. The predicted molar refractivity (Wildman–Crippen MR) is 92.0 cm³/mol. The molecule has 0 atom stereocenters. The smallest absolute Gasteiger partial charge is 0.132 e. The molecule has 2 N–H and O–H groups in total. The van der Waals surface area contributed by atoms with Crippen molar-refractivity contribution in [3.63, 3.8) is 0 Å². The van der Waals surface area contributed by atoms with Crippen LogP contribution in [0, 0.1) is 5.41 Å². The number of hydrogen-bond donors (Lipinski definition) is 2. The van der Waals surface area contributed by atoms with Crippen molar-refractivity contribution >= 4 is 11.6 Å². The number of nitrogens with zero attached hydrogens (tertiary/aromatic N) is 2. The Morgan fingerprint density at radius 1 is 1.00 bits per heavy atom. The molecule has 21 heavy (non-hydrogen) atoms. The summed E-state index contributed by atoms with van der Waals surface area (Å²) in [5.41, 5.74) is 0.296. The average molecular weight is 292 g/mol. The fraction of sp³-hybridized carbons (Fsp3) is 0.765. The van der Waals surface area contributed by atoms with Crippen LogP contribution in [0.1, 0.15) is 66.1 Å². The van der Waals surface area contributed by atoms with E-state index in [1.54, 1.807) is 0 Å².